The number of aromatic amines is 1. The van der Waals surface area contributed by atoms with Crippen LogP contribution in [-0.4, -0.2) is 33.6 Å². The molecular formula is C23H25FN4O4. The van der Waals surface area contributed by atoms with Crippen molar-refractivity contribution in [3.05, 3.63) is 68.2 Å². The lowest BCUT2D eigenvalue weighted by atomic mass is 10.1. The molecular weight excluding hydrogens is 415 g/mol. The minimum atomic E-state index is -0.638. The van der Waals surface area contributed by atoms with Crippen LogP contribution in [0.4, 0.5) is 4.39 Å². The Kier molecular flexibility index (Phi) is 6.07. The predicted octanol–water partition coefficient (Wildman–Crippen LogP) is 2.57. The molecule has 0 unspecified atom stereocenters. The third kappa shape index (κ3) is 4.71. The second-order valence-corrected chi connectivity index (χ2v) is 8.39. The van der Waals surface area contributed by atoms with Crippen LogP contribution in [0.5, 0.6) is 5.75 Å². The Morgan fingerprint density at radius 1 is 1.31 bits per heavy atom. The first kappa shape index (κ1) is 21.7. The van der Waals surface area contributed by atoms with Gasteiger partial charge in [0.1, 0.15) is 18.2 Å². The smallest absolute Gasteiger partial charge is 0.330 e. The number of nitrogens with one attached hydrogen (secondary N) is 2. The van der Waals surface area contributed by atoms with E-state index in [1.165, 1.54) is 22.8 Å². The maximum Gasteiger partial charge on any atom is 0.330 e. The summed E-state index contributed by atoms with van der Waals surface area (Å²) in [7, 11) is 0. The van der Waals surface area contributed by atoms with E-state index in [-0.39, 0.29) is 41.6 Å². The standard InChI is InChI=1S/C23H25FN4O4/c1-13(2)12-28-20-19(22(30)27-23(28)31)17(11-18(26-20)14-6-7-14)21(29)25-8-9-32-16-5-3-4-15(24)10-16/h3-5,10-11,13-14H,6-9,12H2,1-2H3,(H,25,29)(H,27,30,31). The first-order valence-electron chi connectivity index (χ1n) is 10.7. The molecule has 1 aliphatic carbocycles. The van der Waals surface area contributed by atoms with E-state index in [0.717, 1.165) is 12.8 Å². The summed E-state index contributed by atoms with van der Waals surface area (Å²) >= 11 is 0. The van der Waals surface area contributed by atoms with Crippen molar-refractivity contribution in [2.24, 2.45) is 5.92 Å². The highest BCUT2D eigenvalue weighted by molar-refractivity contribution is 6.05. The molecule has 2 N–H and O–H groups in total. The lowest BCUT2D eigenvalue weighted by Gasteiger charge is -2.15. The highest BCUT2D eigenvalue weighted by Gasteiger charge is 2.28. The maximum atomic E-state index is 13.2. The van der Waals surface area contributed by atoms with E-state index in [2.05, 4.69) is 15.3 Å². The zero-order valence-corrected chi connectivity index (χ0v) is 18.0. The fraction of sp³-hybridized carbons (Fsp3) is 0.391. The van der Waals surface area contributed by atoms with Gasteiger partial charge >= 0.3 is 5.69 Å². The zero-order chi connectivity index (χ0) is 22.8. The Balaban J connectivity index is 1.62. The number of hydrogen-bond acceptors (Lipinski definition) is 5. The lowest BCUT2D eigenvalue weighted by Crippen LogP contribution is -2.35. The summed E-state index contributed by atoms with van der Waals surface area (Å²) < 4.78 is 20.1. The molecule has 2 heterocycles. The molecule has 0 saturated heterocycles. The molecule has 1 amide bonds. The van der Waals surface area contributed by atoms with Gasteiger partial charge in [-0.05, 0) is 37.0 Å². The Hall–Kier alpha value is -3.49. The summed E-state index contributed by atoms with van der Waals surface area (Å²) in [6.07, 6.45) is 1.91. The third-order valence-corrected chi connectivity index (χ3v) is 5.21. The fourth-order valence-electron chi connectivity index (χ4n) is 3.58. The van der Waals surface area contributed by atoms with Gasteiger partial charge in [0.2, 0.25) is 0 Å². The first-order valence-corrected chi connectivity index (χ1v) is 10.7. The van der Waals surface area contributed by atoms with Gasteiger partial charge in [-0.1, -0.05) is 19.9 Å². The summed E-state index contributed by atoms with van der Waals surface area (Å²) in [6.45, 7) is 4.57. The van der Waals surface area contributed by atoms with E-state index in [0.29, 0.717) is 18.0 Å². The quantitative estimate of drug-likeness (QED) is 0.524. The normalized spacial score (nSPS) is 13.5. The molecule has 4 rings (SSSR count). The van der Waals surface area contributed by atoms with Crippen LogP contribution in [0.1, 0.15) is 48.7 Å². The van der Waals surface area contributed by atoms with Crippen LogP contribution >= 0.6 is 0 Å². The van der Waals surface area contributed by atoms with Gasteiger partial charge in [0.25, 0.3) is 11.5 Å². The molecule has 8 nitrogen and oxygen atoms in total. The Bertz CT molecular complexity index is 1280. The highest BCUT2D eigenvalue weighted by Crippen LogP contribution is 2.39. The minimum Gasteiger partial charge on any atom is -0.492 e. The van der Waals surface area contributed by atoms with Crippen molar-refractivity contribution in [3.8, 4) is 5.75 Å². The SMILES string of the molecule is CC(C)Cn1c(=O)[nH]c(=O)c2c(C(=O)NCCOc3cccc(F)c3)cc(C3CC3)nc21. The van der Waals surface area contributed by atoms with Gasteiger partial charge in [0, 0.05) is 24.2 Å². The Labute approximate surface area is 183 Å². The van der Waals surface area contributed by atoms with Crippen molar-refractivity contribution < 1.29 is 13.9 Å². The third-order valence-electron chi connectivity index (χ3n) is 5.21. The average Bonchev–Trinajstić information content (AvgIpc) is 3.58. The molecule has 1 aliphatic rings. The van der Waals surface area contributed by atoms with Gasteiger partial charge in [-0.25, -0.2) is 14.2 Å². The van der Waals surface area contributed by atoms with Crippen LogP contribution in [-0.2, 0) is 6.54 Å². The van der Waals surface area contributed by atoms with E-state index >= 15 is 0 Å². The molecule has 1 aromatic carbocycles. The molecule has 3 aromatic rings. The molecule has 0 bridgehead atoms. The molecule has 9 heteroatoms. The molecule has 0 aliphatic heterocycles. The number of carbonyl (C=O) groups is 1. The number of nitrogens with zero attached hydrogens (tertiary/aromatic N) is 2. The second kappa shape index (κ2) is 8.94. The number of carbonyl (C=O) groups excluding carboxylic acids is 1. The van der Waals surface area contributed by atoms with Crippen molar-refractivity contribution in [2.45, 2.75) is 39.2 Å². The Morgan fingerprint density at radius 2 is 2.09 bits per heavy atom. The van der Waals surface area contributed by atoms with Gasteiger partial charge < -0.3 is 10.1 Å². The molecule has 32 heavy (non-hydrogen) atoms. The van der Waals surface area contributed by atoms with Crippen molar-refractivity contribution in [2.75, 3.05) is 13.2 Å². The number of amides is 1. The second-order valence-electron chi connectivity index (χ2n) is 8.39. The molecule has 0 radical (unpaired) electrons. The fourth-order valence-corrected chi connectivity index (χ4v) is 3.58. The number of benzene rings is 1. The van der Waals surface area contributed by atoms with E-state index in [4.69, 9.17) is 4.74 Å². The summed E-state index contributed by atoms with van der Waals surface area (Å²) in [5, 5.41) is 2.83. The number of H-pyrrole nitrogens is 1. The van der Waals surface area contributed by atoms with E-state index in [1.807, 2.05) is 13.8 Å². The molecule has 168 valence electrons. The van der Waals surface area contributed by atoms with Crippen LogP contribution < -0.4 is 21.3 Å². The number of aromatic nitrogens is 3. The van der Waals surface area contributed by atoms with E-state index in [1.54, 1.807) is 12.1 Å². The van der Waals surface area contributed by atoms with Crippen LogP contribution in [0.25, 0.3) is 11.0 Å². The molecule has 2 aromatic heterocycles. The van der Waals surface area contributed by atoms with Crippen LogP contribution in [0.3, 0.4) is 0 Å². The molecule has 0 atom stereocenters. The Morgan fingerprint density at radius 3 is 2.78 bits per heavy atom. The van der Waals surface area contributed by atoms with Crippen molar-refractivity contribution >= 4 is 16.9 Å². The van der Waals surface area contributed by atoms with Crippen molar-refractivity contribution in [1.82, 2.24) is 19.9 Å². The summed E-state index contributed by atoms with van der Waals surface area (Å²) in [4.78, 5) is 45.0. The zero-order valence-electron chi connectivity index (χ0n) is 18.0. The van der Waals surface area contributed by atoms with E-state index in [9.17, 15) is 18.8 Å². The summed E-state index contributed by atoms with van der Waals surface area (Å²) in [5.74, 6) is -0.134. The van der Waals surface area contributed by atoms with Crippen LogP contribution in [0.15, 0.2) is 39.9 Å². The largest absolute Gasteiger partial charge is 0.492 e. The van der Waals surface area contributed by atoms with Gasteiger partial charge in [-0.3, -0.25) is 19.1 Å². The van der Waals surface area contributed by atoms with Gasteiger partial charge in [0.05, 0.1) is 17.5 Å². The number of halogens is 1. The van der Waals surface area contributed by atoms with Gasteiger partial charge in [0.15, 0.2) is 5.65 Å². The van der Waals surface area contributed by atoms with Crippen LogP contribution in [0, 0.1) is 11.7 Å². The average molecular weight is 440 g/mol. The molecule has 1 fully saturated rings. The first-order chi connectivity index (χ1) is 15.3. The lowest BCUT2D eigenvalue weighted by molar-refractivity contribution is 0.0948. The maximum absolute atomic E-state index is 13.2. The number of ether oxygens (including phenoxy) is 1. The van der Waals surface area contributed by atoms with Gasteiger partial charge in [-0.2, -0.15) is 0 Å². The van der Waals surface area contributed by atoms with Gasteiger partial charge in [-0.15, -0.1) is 0 Å². The monoisotopic (exact) mass is 440 g/mol. The minimum absolute atomic E-state index is 0.0956. The summed E-state index contributed by atoms with van der Waals surface area (Å²) in [6, 6.07) is 7.37. The van der Waals surface area contributed by atoms with Crippen molar-refractivity contribution in [1.29, 1.82) is 0 Å². The van der Waals surface area contributed by atoms with E-state index < -0.39 is 23.0 Å². The summed E-state index contributed by atoms with van der Waals surface area (Å²) in [5.41, 5.74) is -0.0481. The van der Waals surface area contributed by atoms with Crippen LogP contribution in [0.2, 0.25) is 0 Å². The topological polar surface area (TPSA) is 106 Å². The number of hydrogen-bond donors (Lipinski definition) is 2. The highest BCUT2D eigenvalue weighted by atomic mass is 19.1. The predicted molar refractivity (Wildman–Crippen MR) is 118 cm³/mol. The number of rotatable bonds is 8. The van der Waals surface area contributed by atoms with Crippen molar-refractivity contribution in [3.63, 3.8) is 0 Å². The number of pyridine rings is 1. The number of fused-ring (bicyclic) bond motifs is 1. The molecule has 0 spiro atoms. The molecule has 1 saturated carbocycles.